The van der Waals surface area contributed by atoms with E-state index >= 15 is 0 Å². The predicted molar refractivity (Wildman–Crippen MR) is 314 cm³/mol. The number of phenols is 24. The summed E-state index contributed by atoms with van der Waals surface area (Å²) in [7, 11) is 56.0. The van der Waals surface area contributed by atoms with E-state index in [4.69, 9.17) is 75.0 Å². The Morgan fingerprint density at radius 2 is 0.409 bits per heavy atom. The minimum absolute atomic E-state index is 0.821. The van der Waals surface area contributed by atoms with Gasteiger partial charge in [0.05, 0.1) is 27.8 Å². The monoisotopic (exact) mass is 1180 g/mol. The lowest BCUT2D eigenvalue weighted by Gasteiger charge is -2.22. The van der Waals surface area contributed by atoms with Crippen molar-refractivity contribution in [2.75, 3.05) is 0 Å². The molecule has 0 atom stereocenters. The van der Waals surface area contributed by atoms with Gasteiger partial charge in [-0.1, -0.05) is 16.4 Å². The first-order valence-corrected chi connectivity index (χ1v) is 23.7. The fraction of sp³-hybridized carbons (Fsp3) is 0. The third-order valence-corrected chi connectivity index (χ3v) is 14.4. The number of hydrogen-bond acceptors (Lipinski definition) is 28. The van der Waals surface area contributed by atoms with Crippen LogP contribution >= 0.6 is 0 Å². The van der Waals surface area contributed by atoms with E-state index in [-0.39, 0.29) is 0 Å². The lowest BCUT2D eigenvalue weighted by molar-refractivity contribution is 0.330. The van der Waals surface area contributed by atoms with Crippen molar-refractivity contribution < 1.29 is 127 Å². The Morgan fingerprint density at radius 1 is 0.170 bits per heavy atom. The Balaban J connectivity index is 1.37. The van der Waals surface area contributed by atoms with Crippen LogP contribution in [-0.2, 0) is 0 Å². The van der Waals surface area contributed by atoms with Gasteiger partial charge in [-0.2, -0.15) is 0 Å². The molecule has 37 heteroatoms. The van der Waals surface area contributed by atoms with Crippen molar-refractivity contribution in [1.82, 2.24) is 15.0 Å². The number of hydrogen-bond donors (Lipinski definition) is 24. The number of aromatic hydroxyl groups is 24. The number of furan rings is 1. The maximum Gasteiger partial charge on any atom is 0.208 e. The summed E-state index contributed by atoms with van der Waals surface area (Å²) in [5.41, 5.74) is -23.9. The maximum absolute atomic E-state index is 12.6. The highest BCUT2D eigenvalue weighted by atomic mass is 16.4. The number of aromatic nitrogens is 3. The zero-order valence-corrected chi connectivity index (χ0v) is 43.2. The van der Waals surface area contributed by atoms with Gasteiger partial charge >= 0.3 is 0 Å². The smallest absolute Gasteiger partial charge is 0.208 e. The minimum Gasteiger partial charge on any atom is -0.508 e. The van der Waals surface area contributed by atoms with Gasteiger partial charge in [-0.15, -0.1) is 0 Å². The molecule has 0 fully saturated rings. The Labute approximate surface area is 498 Å². The molecule has 0 amide bonds. The van der Waals surface area contributed by atoms with E-state index in [2.05, 4.69) is 15.0 Å². The Kier molecular flexibility index (Phi) is 13.3. The molecule has 2 aromatic heterocycles. The van der Waals surface area contributed by atoms with E-state index in [1.807, 2.05) is 0 Å². The van der Waals surface area contributed by atoms with Gasteiger partial charge in [0, 0.05) is 38.6 Å². The molecule has 2 heterocycles. The zero-order chi connectivity index (χ0) is 65.3. The number of nitrogens with zero attached hydrogens (tertiary/aromatic N) is 3. The van der Waals surface area contributed by atoms with Crippen molar-refractivity contribution in [3.05, 3.63) is 0 Å². The van der Waals surface area contributed by atoms with Gasteiger partial charge in [0.15, 0.2) is 109 Å². The average molecular weight is 1180 g/mol. The minimum atomic E-state index is -1.61. The number of rotatable bonds is 7. The van der Waals surface area contributed by atoms with Crippen LogP contribution < -0.4 is 49.2 Å². The SMILES string of the molecule is [B]c1c([B])c(-c2c(O)c(-c3c(O)c(O)c(O)c(O)c3O)c3oc4c(-c5c([B])c(O)c(O)c(-c6nc(-c7c([B])c(O)c(O)c(O)c7[B])nc(-c7c([B])c(O)c(-c8c([B])c(O)c(O)c(O)c8O)c(O)c7O)n6)c5O)c(O)c(O)c([B])c4c3c2[B])c(O)c(O)c1O. The molecule has 18 radical (unpaired) electrons. The largest absolute Gasteiger partial charge is 0.508 e. The van der Waals surface area contributed by atoms with Crippen molar-refractivity contribution >= 4 is 142 Å². The van der Waals surface area contributed by atoms with Gasteiger partial charge in [0.1, 0.15) is 105 Å². The molecule has 0 spiro atoms. The van der Waals surface area contributed by atoms with Crippen LogP contribution in [0.1, 0.15) is 0 Å². The summed E-state index contributed by atoms with van der Waals surface area (Å²) >= 11 is 0. The molecule has 0 aliphatic heterocycles. The van der Waals surface area contributed by atoms with Gasteiger partial charge in [0.25, 0.3) is 0 Å². The van der Waals surface area contributed by atoms with Crippen LogP contribution in [0.25, 0.3) is 101 Å². The first-order chi connectivity index (χ1) is 41.0. The topological polar surface area (TPSA) is 537 Å². The van der Waals surface area contributed by atoms with Crippen molar-refractivity contribution in [1.29, 1.82) is 0 Å². The highest BCUT2D eigenvalue weighted by Crippen LogP contribution is 2.61. The summed E-state index contributed by atoms with van der Waals surface area (Å²) in [5.74, 6) is -38.9. The molecule has 0 aliphatic rings. The first-order valence-electron chi connectivity index (χ1n) is 23.7. The van der Waals surface area contributed by atoms with Crippen LogP contribution in [-0.4, -0.2) is 208 Å². The lowest BCUT2D eigenvalue weighted by atomic mass is 9.71. The third kappa shape index (κ3) is 7.67. The molecule has 0 saturated heterocycles. The van der Waals surface area contributed by atoms with Crippen molar-refractivity contribution in [2.24, 2.45) is 0 Å². The summed E-state index contributed by atoms with van der Waals surface area (Å²) in [5, 5.41) is 266. The van der Waals surface area contributed by atoms with E-state index < -0.39 is 288 Å². The summed E-state index contributed by atoms with van der Waals surface area (Å²) in [6, 6.07) is 0. The van der Waals surface area contributed by atoms with Crippen molar-refractivity contribution in [3.8, 4) is 217 Å². The Morgan fingerprint density at radius 3 is 0.909 bits per heavy atom. The van der Waals surface area contributed by atoms with E-state index in [9.17, 15) is 123 Å². The third-order valence-electron chi connectivity index (χ3n) is 14.4. The molecule has 24 N–H and O–H groups in total. The molecule has 0 bridgehead atoms. The van der Waals surface area contributed by atoms with E-state index in [0.717, 1.165) is 0 Å². The van der Waals surface area contributed by atoms with E-state index in [1.54, 1.807) is 0 Å². The second kappa shape index (κ2) is 19.7. The number of benzene rings is 8. The van der Waals surface area contributed by atoms with E-state index in [1.165, 1.54) is 0 Å². The van der Waals surface area contributed by atoms with Gasteiger partial charge < -0.3 is 127 Å². The van der Waals surface area contributed by atoms with Crippen molar-refractivity contribution in [3.63, 3.8) is 0 Å². The number of phenolic OH excluding ortho intramolecular Hbond substituents is 24. The lowest BCUT2D eigenvalue weighted by Crippen LogP contribution is -2.29. The normalized spacial score (nSPS) is 11.5. The molecular weight excluding hydrogens is 1150 g/mol. The van der Waals surface area contributed by atoms with Gasteiger partial charge in [0.2, 0.25) is 28.7 Å². The fourth-order valence-corrected chi connectivity index (χ4v) is 9.95. The maximum atomic E-state index is 12.6. The summed E-state index contributed by atoms with van der Waals surface area (Å²) in [4.78, 5) is 12.2. The number of fused-ring (bicyclic) bond motifs is 3. The summed E-state index contributed by atoms with van der Waals surface area (Å²) < 4.78 is 6.15. The Hall–Kier alpha value is -11.6. The fourth-order valence-electron chi connectivity index (χ4n) is 9.95. The average Bonchev–Trinajstić information content (AvgIpc) is 1.45. The Bertz CT molecular complexity index is 4780. The molecule has 0 saturated carbocycles. The predicted octanol–water partition coefficient (Wildman–Crippen LogP) is -4.48. The van der Waals surface area contributed by atoms with Crippen LogP contribution in [0.2, 0.25) is 0 Å². The van der Waals surface area contributed by atoms with Crippen molar-refractivity contribution in [2.45, 2.75) is 0 Å². The molecule has 10 rings (SSSR count). The van der Waals surface area contributed by atoms with Crippen LogP contribution in [0.3, 0.4) is 0 Å². The van der Waals surface area contributed by atoms with Gasteiger partial charge in [-0.3, -0.25) is 0 Å². The molecule has 88 heavy (non-hydrogen) atoms. The van der Waals surface area contributed by atoms with Crippen LogP contribution in [0.15, 0.2) is 4.42 Å². The molecule has 0 aliphatic carbocycles. The van der Waals surface area contributed by atoms with Crippen LogP contribution in [0.4, 0.5) is 0 Å². The molecule has 28 nitrogen and oxygen atoms in total. The first kappa shape index (κ1) is 59.5. The molecule has 0 unspecified atom stereocenters. The molecule has 420 valence electrons. The summed E-state index contributed by atoms with van der Waals surface area (Å²) in [6.45, 7) is 0. The molecule has 8 aromatic carbocycles. The van der Waals surface area contributed by atoms with Gasteiger partial charge in [-0.25, -0.2) is 15.0 Å². The second-order valence-corrected chi connectivity index (χ2v) is 19.0. The van der Waals surface area contributed by atoms with Gasteiger partial charge in [-0.05, 0) is 32.8 Å². The quantitative estimate of drug-likeness (QED) is 0.0406. The second-order valence-electron chi connectivity index (χ2n) is 19.0. The highest BCUT2D eigenvalue weighted by molar-refractivity contribution is 6.56. The van der Waals surface area contributed by atoms with Crippen LogP contribution in [0.5, 0.6) is 138 Å². The summed E-state index contributed by atoms with van der Waals surface area (Å²) in [6.07, 6.45) is 0. The molecule has 10 aromatic rings. The highest BCUT2D eigenvalue weighted by Gasteiger charge is 2.39. The molecular formula is C51H24B9N3O25. The van der Waals surface area contributed by atoms with E-state index in [0.29, 0.717) is 0 Å². The zero-order valence-electron chi connectivity index (χ0n) is 43.2. The van der Waals surface area contributed by atoms with Crippen LogP contribution in [0, 0.1) is 0 Å². The standard InChI is InChI=1S/C51H24B9N3O25/c52-14-1(2-15(53)22(60)39(80)40(81)26(2)67)23(64)10(8-29(70)42(83)46(87)43(84)30(8)71)47-5(14)6-18(56)35(76)31(72)9(48(6)88-47)4-17(55)34(75)33(74)13(24(4)65)51-62-49(11-19(57)37(78)44(85)38(79)20(11)58)61-50(63-51)12-21(59)25(66)7(28(69)32(12)73)3-16(54)36(77)45(86)41(82)27(3)68/h64-87H.